The zero-order valence-corrected chi connectivity index (χ0v) is 21.5. The molecule has 172 valence electrons. The Morgan fingerprint density at radius 1 is 0.886 bits per heavy atom. The second-order valence-corrected chi connectivity index (χ2v) is 11.5. The zero-order valence-electron chi connectivity index (χ0n) is 19.8. The lowest BCUT2D eigenvalue weighted by Crippen LogP contribution is -2.26. The molecule has 0 radical (unpaired) electrons. The summed E-state index contributed by atoms with van der Waals surface area (Å²) in [5, 5.41) is 11.4. The molecule has 0 saturated carbocycles. The predicted molar refractivity (Wildman–Crippen MR) is 149 cm³/mol. The quantitative estimate of drug-likeness (QED) is 0.257. The first-order valence-corrected chi connectivity index (χ1v) is 13.2. The van der Waals surface area contributed by atoms with Crippen molar-refractivity contribution in [1.82, 2.24) is 4.98 Å². The molecule has 0 atom stereocenters. The summed E-state index contributed by atoms with van der Waals surface area (Å²) in [7, 11) is 2.15. The SMILES string of the molecule is C[N+]1=C(C=Cc2ccc(-c3ccc(O)c(-c4nc5ccccc5s4)c3)s2)C(C)(C)c2ccccc21. The number of nitrogens with zero attached hydrogens (tertiary/aromatic N) is 2. The Morgan fingerprint density at radius 2 is 1.69 bits per heavy atom. The molecule has 1 aliphatic heterocycles. The van der Waals surface area contributed by atoms with E-state index in [0.717, 1.165) is 26.4 Å². The van der Waals surface area contributed by atoms with Crippen molar-refractivity contribution in [3.8, 4) is 26.8 Å². The van der Waals surface area contributed by atoms with Crippen LogP contribution in [-0.4, -0.2) is 27.4 Å². The van der Waals surface area contributed by atoms with E-state index in [1.807, 2.05) is 30.3 Å². The fourth-order valence-corrected chi connectivity index (χ4v) is 6.81. The van der Waals surface area contributed by atoms with Crippen molar-refractivity contribution >= 4 is 50.4 Å². The van der Waals surface area contributed by atoms with Gasteiger partial charge < -0.3 is 5.11 Å². The van der Waals surface area contributed by atoms with Crippen LogP contribution >= 0.6 is 22.7 Å². The van der Waals surface area contributed by atoms with E-state index < -0.39 is 0 Å². The summed E-state index contributed by atoms with van der Waals surface area (Å²) in [5.74, 6) is 0.256. The summed E-state index contributed by atoms with van der Waals surface area (Å²) in [6, 6.07) is 26.8. The largest absolute Gasteiger partial charge is 0.507 e. The fraction of sp³-hybridized carbons (Fsp3) is 0.133. The van der Waals surface area contributed by atoms with Gasteiger partial charge in [0, 0.05) is 27.5 Å². The van der Waals surface area contributed by atoms with Crippen molar-refractivity contribution in [3.05, 3.63) is 95.4 Å². The van der Waals surface area contributed by atoms with Crippen molar-refractivity contribution in [2.24, 2.45) is 0 Å². The molecular weight excluding hydrogens is 468 g/mol. The maximum atomic E-state index is 10.6. The van der Waals surface area contributed by atoms with Crippen molar-refractivity contribution in [2.45, 2.75) is 19.3 Å². The fourth-order valence-electron chi connectivity index (χ4n) is 4.91. The lowest BCUT2D eigenvalue weighted by Gasteiger charge is -2.15. The molecular formula is C30H25N2OS2+. The number of hydrogen-bond acceptors (Lipinski definition) is 4. The van der Waals surface area contributed by atoms with E-state index in [1.54, 1.807) is 28.7 Å². The minimum Gasteiger partial charge on any atom is -0.507 e. The van der Waals surface area contributed by atoms with Gasteiger partial charge in [0.25, 0.3) is 0 Å². The van der Waals surface area contributed by atoms with Crippen LogP contribution in [0.4, 0.5) is 5.69 Å². The van der Waals surface area contributed by atoms with Gasteiger partial charge in [0.1, 0.15) is 17.8 Å². The molecule has 5 aromatic rings. The van der Waals surface area contributed by atoms with Crippen molar-refractivity contribution < 1.29 is 9.68 Å². The molecule has 0 saturated heterocycles. The standard InChI is InChI=1S/C30H24N2OS2/c1-30(2)22-8-4-6-10-24(22)32(3)28(30)17-14-20-13-16-26(34-20)19-12-15-25(33)21(18-19)29-31-23-9-5-7-11-27(23)35-29/h4-18H,1-3H3/p+1. The Balaban J connectivity index is 1.31. The minimum atomic E-state index is -0.0367. The van der Waals surface area contributed by atoms with E-state index in [2.05, 4.69) is 80.1 Å². The first-order valence-electron chi connectivity index (χ1n) is 11.6. The second kappa shape index (κ2) is 8.29. The predicted octanol–water partition coefficient (Wildman–Crippen LogP) is 8.12. The summed E-state index contributed by atoms with van der Waals surface area (Å²) in [4.78, 5) is 7.10. The Bertz CT molecular complexity index is 1620. The Morgan fingerprint density at radius 3 is 2.51 bits per heavy atom. The summed E-state index contributed by atoms with van der Waals surface area (Å²) in [6.07, 6.45) is 4.46. The van der Waals surface area contributed by atoms with E-state index in [9.17, 15) is 5.11 Å². The molecule has 3 nitrogen and oxygen atoms in total. The normalized spacial score (nSPS) is 14.8. The first-order chi connectivity index (χ1) is 16.9. The summed E-state index contributed by atoms with van der Waals surface area (Å²) >= 11 is 3.36. The molecule has 3 aromatic carbocycles. The van der Waals surface area contributed by atoms with Gasteiger partial charge in [-0.1, -0.05) is 30.3 Å². The Kier molecular flexibility index (Phi) is 5.20. The van der Waals surface area contributed by atoms with Crippen molar-refractivity contribution in [1.29, 1.82) is 0 Å². The number of thiophene rings is 1. The van der Waals surface area contributed by atoms with Crippen LogP contribution in [0, 0.1) is 0 Å². The average Bonchev–Trinajstić information content (AvgIpc) is 3.55. The lowest BCUT2D eigenvalue weighted by atomic mass is 9.81. The topological polar surface area (TPSA) is 36.1 Å². The zero-order chi connectivity index (χ0) is 24.2. The van der Waals surface area contributed by atoms with Gasteiger partial charge in [0.2, 0.25) is 5.69 Å². The number of benzene rings is 3. The van der Waals surface area contributed by atoms with Gasteiger partial charge in [-0.25, -0.2) is 4.98 Å². The van der Waals surface area contributed by atoms with Crippen LogP contribution in [0.2, 0.25) is 0 Å². The third-order valence-electron chi connectivity index (χ3n) is 6.78. The lowest BCUT2D eigenvalue weighted by molar-refractivity contribution is -0.401. The smallest absolute Gasteiger partial charge is 0.209 e. The van der Waals surface area contributed by atoms with Crippen LogP contribution in [-0.2, 0) is 5.41 Å². The monoisotopic (exact) mass is 493 g/mol. The van der Waals surface area contributed by atoms with Gasteiger partial charge in [0.05, 0.1) is 21.2 Å². The number of aromatic nitrogens is 1. The number of para-hydroxylation sites is 2. The number of rotatable bonds is 4. The minimum absolute atomic E-state index is 0.0367. The van der Waals surface area contributed by atoms with Crippen LogP contribution in [0.3, 0.4) is 0 Å². The molecule has 0 spiro atoms. The summed E-state index contributed by atoms with van der Waals surface area (Å²) in [5.41, 5.74) is 6.70. The summed E-state index contributed by atoms with van der Waals surface area (Å²) in [6.45, 7) is 4.57. The highest BCUT2D eigenvalue weighted by Crippen LogP contribution is 2.41. The molecule has 35 heavy (non-hydrogen) atoms. The molecule has 1 aliphatic rings. The Labute approximate surface area is 213 Å². The van der Waals surface area contributed by atoms with E-state index in [-0.39, 0.29) is 11.2 Å². The third-order valence-corrected chi connectivity index (χ3v) is 8.95. The molecule has 0 aliphatic carbocycles. The van der Waals surface area contributed by atoms with Gasteiger partial charge in [-0.2, -0.15) is 4.58 Å². The average molecular weight is 494 g/mol. The molecule has 0 fully saturated rings. The van der Waals surface area contributed by atoms with Crippen LogP contribution in [0.25, 0.3) is 37.3 Å². The Hall–Kier alpha value is -3.54. The molecule has 2 aromatic heterocycles. The second-order valence-electron chi connectivity index (χ2n) is 9.34. The number of phenols is 1. The van der Waals surface area contributed by atoms with Crippen LogP contribution in [0.15, 0.2) is 84.9 Å². The van der Waals surface area contributed by atoms with E-state index in [1.165, 1.54) is 26.7 Å². The van der Waals surface area contributed by atoms with Crippen molar-refractivity contribution in [3.63, 3.8) is 0 Å². The molecule has 5 heteroatoms. The maximum Gasteiger partial charge on any atom is 0.209 e. The number of allylic oxidation sites excluding steroid dienone is 1. The van der Waals surface area contributed by atoms with E-state index >= 15 is 0 Å². The third kappa shape index (κ3) is 3.72. The van der Waals surface area contributed by atoms with Crippen molar-refractivity contribution in [2.75, 3.05) is 7.05 Å². The van der Waals surface area contributed by atoms with Gasteiger partial charge >= 0.3 is 0 Å². The number of fused-ring (bicyclic) bond motifs is 2. The molecule has 0 bridgehead atoms. The molecule has 1 N–H and O–H groups in total. The van der Waals surface area contributed by atoms with Gasteiger partial charge in [0.15, 0.2) is 5.71 Å². The van der Waals surface area contributed by atoms with Gasteiger partial charge in [-0.05, 0) is 68.0 Å². The number of aromatic hydroxyl groups is 1. The molecule has 0 amide bonds. The first kappa shape index (κ1) is 22.0. The van der Waals surface area contributed by atoms with Gasteiger partial charge in [-0.15, -0.1) is 22.7 Å². The van der Waals surface area contributed by atoms with E-state index in [4.69, 9.17) is 4.98 Å². The van der Waals surface area contributed by atoms with Crippen LogP contribution in [0.5, 0.6) is 5.75 Å². The van der Waals surface area contributed by atoms with Crippen LogP contribution < -0.4 is 0 Å². The number of hydrogen-bond donors (Lipinski definition) is 1. The molecule has 6 rings (SSSR count). The maximum absolute atomic E-state index is 10.6. The highest BCUT2D eigenvalue weighted by molar-refractivity contribution is 7.21. The number of phenolic OH excluding ortho intramolecular Hbond substituents is 1. The highest BCUT2D eigenvalue weighted by atomic mass is 32.1. The molecule has 3 heterocycles. The number of thiazole rings is 1. The van der Waals surface area contributed by atoms with Crippen LogP contribution in [0.1, 0.15) is 24.3 Å². The van der Waals surface area contributed by atoms with Gasteiger partial charge in [-0.3, -0.25) is 0 Å². The molecule has 0 unspecified atom stereocenters. The van der Waals surface area contributed by atoms with E-state index in [0.29, 0.717) is 0 Å². The highest BCUT2D eigenvalue weighted by Gasteiger charge is 2.42. The summed E-state index contributed by atoms with van der Waals surface area (Å²) < 4.78 is 3.42.